The van der Waals surface area contributed by atoms with Gasteiger partial charge in [-0.2, -0.15) is 0 Å². The van der Waals surface area contributed by atoms with E-state index in [0.29, 0.717) is 18.1 Å². The highest BCUT2D eigenvalue weighted by Gasteiger charge is 2.38. The first kappa shape index (κ1) is 15.0. The molecular formula is C18H29N3. The molecule has 1 heterocycles. The smallest absolute Gasteiger partial charge is 0.0484 e. The summed E-state index contributed by atoms with van der Waals surface area (Å²) < 4.78 is 0. The summed E-state index contributed by atoms with van der Waals surface area (Å²) in [6.07, 6.45) is 2.48. The summed E-state index contributed by atoms with van der Waals surface area (Å²) >= 11 is 0. The molecule has 1 aliphatic heterocycles. The van der Waals surface area contributed by atoms with Gasteiger partial charge < -0.3 is 10.2 Å². The third-order valence-corrected chi connectivity index (χ3v) is 5.15. The number of fused-ring (bicyclic) bond motifs is 1. The molecule has 3 rings (SSSR count). The zero-order valence-corrected chi connectivity index (χ0v) is 13.7. The van der Waals surface area contributed by atoms with E-state index >= 15 is 0 Å². The average molecular weight is 287 g/mol. The average Bonchev–Trinajstić information content (AvgIpc) is 2.73. The highest BCUT2D eigenvalue weighted by atomic mass is 15.3. The molecule has 2 aliphatic rings. The number of nitrogens with zero attached hydrogens (tertiary/aromatic N) is 2. The van der Waals surface area contributed by atoms with Gasteiger partial charge in [-0.1, -0.05) is 31.2 Å². The minimum atomic E-state index is 0.497. The highest BCUT2D eigenvalue weighted by Crippen LogP contribution is 2.35. The van der Waals surface area contributed by atoms with Crippen molar-refractivity contribution in [3.05, 3.63) is 35.4 Å². The molecule has 1 aromatic carbocycles. The molecule has 1 aromatic rings. The Morgan fingerprint density at radius 1 is 1.24 bits per heavy atom. The minimum Gasteiger partial charge on any atom is -0.309 e. The van der Waals surface area contributed by atoms with Gasteiger partial charge in [0.15, 0.2) is 0 Å². The van der Waals surface area contributed by atoms with Gasteiger partial charge in [-0.25, -0.2) is 0 Å². The van der Waals surface area contributed by atoms with Crippen molar-refractivity contribution in [1.29, 1.82) is 0 Å². The van der Waals surface area contributed by atoms with Gasteiger partial charge in [0.1, 0.15) is 0 Å². The van der Waals surface area contributed by atoms with Crippen LogP contribution in [0.1, 0.15) is 37.4 Å². The quantitative estimate of drug-likeness (QED) is 0.920. The summed E-state index contributed by atoms with van der Waals surface area (Å²) in [6, 6.07) is 10.7. The number of nitrogens with one attached hydrogen (secondary N) is 1. The van der Waals surface area contributed by atoms with Gasteiger partial charge in [0.2, 0.25) is 0 Å². The van der Waals surface area contributed by atoms with Gasteiger partial charge in [0, 0.05) is 31.2 Å². The second kappa shape index (κ2) is 6.47. The Kier molecular flexibility index (Phi) is 4.63. The molecule has 3 nitrogen and oxygen atoms in total. The van der Waals surface area contributed by atoms with Gasteiger partial charge in [-0.3, -0.25) is 4.90 Å². The standard InChI is InChI=1S/C18H29N3/c1-4-19-18-16-9-6-5-8-15(16)12-17(18)21-11-7-10-20(3)13-14(21)2/h5-6,8-9,14,17-19H,4,7,10-13H2,1-3H3. The number of rotatable bonds is 3. The van der Waals surface area contributed by atoms with Crippen LogP contribution in [0.25, 0.3) is 0 Å². The Morgan fingerprint density at radius 3 is 2.86 bits per heavy atom. The van der Waals surface area contributed by atoms with Crippen LogP contribution in [-0.4, -0.2) is 55.1 Å². The zero-order chi connectivity index (χ0) is 14.8. The summed E-state index contributed by atoms with van der Waals surface area (Å²) in [7, 11) is 2.26. The van der Waals surface area contributed by atoms with E-state index in [4.69, 9.17) is 0 Å². The fourth-order valence-electron chi connectivity index (χ4n) is 4.23. The van der Waals surface area contributed by atoms with Crippen molar-refractivity contribution in [3.8, 4) is 0 Å². The van der Waals surface area contributed by atoms with Crippen molar-refractivity contribution in [1.82, 2.24) is 15.1 Å². The Labute approximate surface area is 129 Å². The molecule has 1 N–H and O–H groups in total. The Bertz CT molecular complexity index is 473. The summed E-state index contributed by atoms with van der Waals surface area (Å²) in [5.74, 6) is 0. The lowest BCUT2D eigenvalue weighted by Gasteiger charge is -2.37. The SMILES string of the molecule is CCNC1c2ccccc2CC1N1CCCN(C)CC1C. The molecule has 0 amide bonds. The maximum absolute atomic E-state index is 3.74. The molecule has 0 spiro atoms. The lowest BCUT2D eigenvalue weighted by atomic mass is 10.0. The van der Waals surface area contributed by atoms with E-state index in [9.17, 15) is 0 Å². The minimum absolute atomic E-state index is 0.497. The first-order valence-electron chi connectivity index (χ1n) is 8.46. The van der Waals surface area contributed by atoms with E-state index in [1.807, 2.05) is 0 Å². The second-order valence-electron chi connectivity index (χ2n) is 6.71. The van der Waals surface area contributed by atoms with Crippen LogP contribution in [0.4, 0.5) is 0 Å². The molecule has 0 aromatic heterocycles. The van der Waals surface area contributed by atoms with E-state index in [0.717, 1.165) is 6.54 Å². The number of likely N-dealkylation sites (N-methyl/N-ethyl adjacent to an activating group) is 2. The molecule has 1 saturated heterocycles. The van der Waals surface area contributed by atoms with Crippen molar-refractivity contribution in [2.24, 2.45) is 0 Å². The lowest BCUT2D eigenvalue weighted by molar-refractivity contribution is 0.121. The fraction of sp³-hybridized carbons (Fsp3) is 0.667. The van der Waals surface area contributed by atoms with Crippen molar-refractivity contribution in [3.63, 3.8) is 0 Å². The third-order valence-electron chi connectivity index (χ3n) is 5.15. The monoisotopic (exact) mass is 287 g/mol. The van der Waals surface area contributed by atoms with Gasteiger partial charge in [-0.05, 0) is 51.0 Å². The molecule has 1 aliphatic carbocycles. The molecule has 21 heavy (non-hydrogen) atoms. The molecule has 0 saturated carbocycles. The molecule has 1 fully saturated rings. The van der Waals surface area contributed by atoms with Crippen molar-refractivity contribution < 1.29 is 0 Å². The van der Waals surface area contributed by atoms with E-state index in [-0.39, 0.29) is 0 Å². The molecule has 0 bridgehead atoms. The van der Waals surface area contributed by atoms with Crippen LogP contribution in [0.2, 0.25) is 0 Å². The molecule has 116 valence electrons. The number of hydrogen-bond acceptors (Lipinski definition) is 3. The van der Waals surface area contributed by atoms with Crippen LogP contribution in [0.5, 0.6) is 0 Å². The second-order valence-corrected chi connectivity index (χ2v) is 6.71. The maximum atomic E-state index is 3.74. The predicted molar refractivity (Wildman–Crippen MR) is 88.6 cm³/mol. The normalized spacial score (nSPS) is 31.1. The maximum Gasteiger partial charge on any atom is 0.0484 e. The summed E-state index contributed by atoms with van der Waals surface area (Å²) in [5.41, 5.74) is 3.06. The van der Waals surface area contributed by atoms with E-state index in [1.54, 1.807) is 5.56 Å². The first-order valence-corrected chi connectivity index (χ1v) is 8.46. The van der Waals surface area contributed by atoms with Gasteiger partial charge in [0.25, 0.3) is 0 Å². The largest absolute Gasteiger partial charge is 0.309 e. The summed E-state index contributed by atoms with van der Waals surface area (Å²) in [5, 5.41) is 3.74. The van der Waals surface area contributed by atoms with Crippen molar-refractivity contribution in [2.75, 3.05) is 33.2 Å². The fourth-order valence-corrected chi connectivity index (χ4v) is 4.23. The lowest BCUT2D eigenvalue weighted by Crippen LogP contribution is -2.49. The van der Waals surface area contributed by atoms with Gasteiger partial charge in [-0.15, -0.1) is 0 Å². The topological polar surface area (TPSA) is 18.5 Å². The van der Waals surface area contributed by atoms with Crippen LogP contribution < -0.4 is 5.32 Å². The van der Waals surface area contributed by atoms with Crippen LogP contribution >= 0.6 is 0 Å². The van der Waals surface area contributed by atoms with Gasteiger partial charge in [0.05, 0.1) is 0 Å². The molecule has 3 atom stereocenters. The summed E-state index contributed by atoms with van der Waals surface area (Å²) in [6.45, 7) is 9.30. The van der Waals surface area contributed by atoms with Crippen LogP contribution in [-0.2, 0) is 6.42 Å². The van der Waals surface area contributed by atoms with Crippen molar-refractivity contribution >= 4 is 0 Å². The molecule has 3 unspecified atom stereocenters. The molecule has 3 heteroatoms. The van der Waals surface area contributed by atoms with Crippen LogP contribution in [0, 0.1) is 0 Å². The van der Waals surface area contributed by atoms with E-state index < -0.39 is 0 Å². The van der Waals surface area contributed by atoms with E-state index in [2.05, 4.69) is 60.3 Å². The molecule has 0 radical (unpaired) electrons. The number of hydrogen-bond donors (Lipinski definition) is 1. The van der Waals surface area contributed by atoms with Crippen LogP contribution in [0.3, 0.4) is 0 Å². The van der Waals surface area contributed by atoms with E-state index in [1.165, 1.54) is 38.0 Å². The Morgan fingerprint density at radius 2 is 2.05 bits per heavy atom. The Balaban J connectivity index is 1.84. The Hall–Kier alpha value is -0.900. The number of benzene rings is 1. The predicted octanol–water partition coefficient (Wildman–Crippen LogP) is 2.29. The summed E-state index contributed by atoms with van der Waals surface area (Å²) in [4.78, 5) is 5.24. The highest BCUT2D eigenvalue weighted by molar-refractivity contribution is 5.37. The third kappa shape index (κ3) is 3.01. The van der Waals surface area contributed by atoms with Crippen LogP contribution in [0.15, 0.2) is 24.3 Å². The molecular weight excluding hydrogens is 258 g/mol. The van der Waals surface area contributed by atoms with Crippen molar-refractivity contribution in [2.45, 2.75) is 44.8 Å². The zero-order valence-electron chi connectivity index (χ0n) is 13.7. The van der Waals surface area contributed by atoms with Gasteiger partial charge >= 0.3 is 0 Å². The first-order chi connectivity index (χ1) is 10.2.